The van der Waals surface area contributed by atoms with Crippen LogP contribution in [-0.2, 0) is 19.1 Å². The fourth-order valence-electron chi connectivity index (χ4n) is 1.69. The predicted molar refractivity (Wildman–Crippen MR) is 83.3 cm³/mol. The van der Waals surface area contributed by atoms with Crippen LogP contribution in [0.1, 0.15) is 40.0 Å². The molecule has 0 aliphatic heterocycles. The minimum absolute atomic E-state index is 0.154. The van der Waals surface area contributed by atoms with E-state index in [1.54, 1.807) is 20.8 Å². The molecule has 0 aliphatic rings. The van der Waals surface area contributed by atoms with Gasteiger partial charge >= 0.3 is 18.0 Å². The molecule has 10 nitrogen and oxygen atoms in total. The Morgan fingerprint density at radius 2 is 1.67 bits per heavy atom. The van der Waals surface area contributed by atoms with E-state index in [-0.39, 0.29) is 13.0 Å². The molecule has 24 heavy (non-hydrogen) atoms. The average Bonchev–Trinajstić information content (AvgIpc) is 2.39. The first kappa shape index (κ1) is 21.6. The van der Waals surface area contributed by atoms with Crippen molar-refractivity contribution in [3.8, 4) is 0 Å². The summed E-state index contributed by atoms with van der Waals surface area (Å²) in [5, 5.41) is 22.1. The quantitative estimate of drug-likeness (QED) is 0.377. The summed E-state index contributed by atoms with van der Waals surface area (Å²) in [7, 11) is 0. The van der Waals surface area contributed by atoms with Crippen molar-refractivity contribution in [2.45, 2.75) is 57.7 Å². The summed E-state index contributed by atoms with van der Waals surface area (Å²) >= 11 is 0. The number of aliphatic carboxylic acids is 2. The molecule has 2 atom stereocenters. The maximum atomic E-state index is 12.2. The van der Waals surface area contributed by atoms with Gasteiger partial charge in [0.05, 0.1) is 6.42 Å². The first-order valence-corrected chi connectivity index (χ1v) is 7.40. The van der Waals surface area contributed by atoms with Gasteiger partial charge in [-0.25, -0.2) is 9.59 Å². The van der Waals surface area contributed by atoms with Crippen LogP contribution in [-0.4, -0.2) is 58.4 Å². The molecule has 138 valence electrons. The Morgan fingerprint density at radius 1 is 1.08 bits per heavy atom. The Morgan fingerprint density at radius 3 is 2.08 bits per heavy atom. The highest BCUT2D eigenvalue weighted by atomic mass is 16.6. The Kier molecular flexibility index (Phi) is 8.75. The van der Waals surface area contributed by atoms with Crippen molar-refractivity contribution in [3.63, 3.8) is 0 Å². The number of nitrogens with two attached hydrogens (primary N) is 1. The van der Waals surface area contributed by atoms with Crippen molar-refractivity contribution in [1.29, 1.82) is 0 Å². The standard InChI is InChI=1S/C14H25N3O7/c1-14(2,3)24-13(23)17-8(5-4-6-15)11(20)16-9(12(21)22)7-10(18)19/h8-9H,4-7,15H2,1-3H3,(H,16,20)(H,17,23)(H,18,19)(H,21,22)/t8-,9-/m0/s1. The predicted octanol–water partition coefficient (Wildman–Crippen LogP) is -0.337. The van der Waals surface area contributed by atoms with Crippen LogP contribution in [0.25, 0.3) is 0 Å². The van der Waals surface area contributed by atoms with Crippen LogP contribution < -0.4 is 16.4 Å². The number of ether oxygens (including phenoxy) is 1. The summed E-state index contributed by atoms with van der Waals surface area (Å²) in [6, 6.07) is -2.69. The van der Waals surface area contributed by atoms with E-state index < -0.39 is 48.0 Å². The fraction of sp³-hybridized carbons (Fsp3) is 0.714. The molecule has 0 fully saturated rings. The molecule has 0 radical (unpaired) electrons. The number of alkyl carbamates (subject to hydrolysis) is 1. The van der Waals surface area contributed by atoms with Gasteiger partial charge < -0.3 is 31.3 Å². The highest BCUT2D eigenvalue weighted by molar-refractivity contribution is 5.90. The molecule has 0 aromatic carbocycles. The van der Waals surface area contributed by atoms with Gasteiger partial charge in [-0.1, -0.05) is 0 Å². The first-order valence-electron chi connectivity index (χ1n) is 7.40. The Labute approximate surface area is 139 Å². The van der Waals surface area contributed by atoms with Gasteiger partial charge in [0, 0.05) is 0 Å². The molecule has 0 aromatic heterocycles. The summed E-state index contributed by atoms with van der Waals surface area (Å²) in [5.41, 5.74) is 4.61. The van der Waals surface area contributed by atoms with Crippen molar-refractivity contribution in [3.05, 3.63) is 0 Å². The lowest BCUT2D eigenvalue weighted by atomic mass is 10.1. The molecule has 0 bridgehead atoms. The lowest BCUT2D eigenvalue weighted by Crippen LogP contribution is -2.52. The minimum Gasteiger partial charge on any atom is -0.481 e. The molecular formula is C14H25N3O7. The van der Waals surface area contributed by atoms with Crippen molar-refractivity contribution in [2.24, 2.45) is 5.73 Å². The normalized spacial score (nSPS) is 13.5. The molecule has 0 rings (SSSR count). The molecule has 0 aliphatic carbocycles. The SMILES string of the molecule is CC(C)(C)OC(=O)N[C@@H](CCCN)C(=O)N[C@@H](CC(=O)O)C(=O)O. The maximum Gasteiger partial charge on any atom is 0.408 e. The van der Waals surface area contributed by atoms with E-state index in [0.717, 1.165) is 0 Å². The molecule has 0 heterocycles. The van der Waals surface area contributed by atoms with E-state index in [1.165, 1.54) is 0 Å². The lowest BCUT2D eigenvalue weighted by molar-refractivity contribution is -0.147. The summed E-state index contributed by atoms with van der Waals surface area (Å²) in [6.07, 6.45) is -1.08. The summed E-state index contributed by atoms with van der Waals surface area (Å²) in [5.74, 6) is -3.68. The molecule has 2 amide bonds. The van der Waals surface area contributed by atoms with Crippen LogP contribution in [0.5, 0.6) is 0 Å². The van der Waals surface area contributed by atoms with E-state index in [2.05, 4.69) is 10.6 Å². The number of carboxylic acids is 2. The second-order valence-electron chi connectivity index (χ2n) is 6.13. The molecule has 10 heteroatoms. The van der Waals surface area contributed by atoms with E-state index in [1.807, 2.05) is 0 Å². The van der Waals surface area contributed by atoms with Gasteiger partial charge in [-0.15, -0.1) is 0 Å². The highest BCUT2D eigenvalue weighted by Crippen LogP contribution is 2.08. The van der Waals surface area contributed by atoms with Crippen LogP contribution in [0.2, 0.25) is 0 Å². The molecule has 0 spiro atoms. The van der Waals surface area contributed by atoms with Gasteiger partial charge in [0.25, 0.3) is 0 Å². The molecule has 6 N–H and O–H groups in total. The molecule has 0 unspecified atom stereocenters. The topological polar surface area (TPSA) is 168 Å². The van der Waals surface area contributed by atoms with E-state index in [4.69, 9.17) is 20.7 Å². The van der Waals surface area contributed by atoms with E-state index >= 15 is 0 Å². The van der Waals surface area contributed by atoms with Gasteiger partial charge in [0.2, 0.25) is 5.91 Å². The number of carboxylic acid groups (broad SMARTS) is 2. The van der Waals surface area contributed by atoms with Crippen molar-refractivity contribution in [2.75, 3.05) is 6.54 Å². The molecule has 0 saturated carbocycles. The third-order valence-electron chi connectivity index (χ3n) is 2.70. The van der Waals surface area contributed by atoms with Crippen LogP contribution >= 0.6 is 0 Å². The number of rotatable bonds is 9. The summed E-state index contributed by atoms with van der Waals surface area (Å²) in [6.45, 7) is 5.20. The van der Waals surface area contributed by atoms with E-state index in [9.17, 15) is 19.2 Å². The Bertz CT molecular complexity index is 473. The number of amides is 2. The zero-order chi connectivity index (χ0) is 18.9. The third kappa shape index (κ3) is 9.62. The number of hydrogen-bond donors (Lipinski definition) is 5. The third-order valence-corrected chi connectivity index (χ3v) is 2.70. The van der Waals surface area contributed by atoms with Gasteiger partial charge in [-0.3, -0.25) is 9.59 Å². The number of carbonyl (C=O) groups excluding carboxylic acids is 2. The monoisotopic (exact) mass is 347 g/mol. The Balaban J connectivity index is 4.94. The van der Waals surface area contributed by atoms with Gasteiger partial charge in [-0.2, -0.15) is 0 Å². The Hall–Kier alpha value is -2.36. The van der Waals surface area contributed by atoms with Crippen LogP contribution in [0.4, 0.5) is 4.79 Å². The smallest absolute Gasteiger partial charge is 0.408 e. The summed E-state index contributed by atoms with van der Waals surface area (Å²) in [4.78, 5) is 45.6. The number of nitrogens with one attached hydrogen (secondary N) is 2. The van der Waals surface area contributed by atoms with Crippen molar-refractivity contribution >= 4 is 23.9 Å². The zero-order valence-corrected chi connectivity index (χ0v) is 14.0. The van der Waals surface area contributed by atoms with Crippen LogP contribution in [0.3, 0.4) is 0 Å². The minimum atomic E-state index is -1.60. The lowest BCUT2D eigenvalue weighted by Gasteiger charge is -2.24. The zero-order valence-electron chi connectivity index (χ0n) is 14.0. The first-order chi connectivity index (χ1) is 11.0. The van der Waals surface area contributed by atoms with Crippen molar-refractivity contribution in [1.82, 2.24) is 10.6 Å². The number of hydrogen-bond acceptors (Lipinski definition) is 6. The highest BCUT2D eigenvalue weighted by Gasteiger charge is 2.29. The number of carbonyl (C=O) groups is 4. The fourth-order valence-corrected chi connectivity index (χ4v) is 1.69. The van der Waals surface area contributed by atoms with E-state index in [0.29, 0.717) is 6.42 Å². The van der Waals surface area contributed by atoms with Crippen molar-refractivity contribution < 1.29 is 34.1 Å². The second-order valence-corrected chi connectivity index (χ2v) is 6.13. The molecule has 0 aromatic rings. The van der Waals surface area contributed by atoms with Gasteiger partial charge in [0.1, 0.15) is 17.7 Å². The molecular weight excluding hydrogens is 322 g/mol. The van der Waals surface area contributed by atoms with Crippen LogP contribution in [0, 0.1) is 0 Å². The average molecular weight is 347 g/mol. The summed E-state index contributed by atoms with van der Waals surface area (Å²) < 4.78 is 5.04. The van der Waals surface area contributed by atoms with Crippen LogP contribution in [0.15, 0.2) is 0 Å². The van der Waals surface area contributed by atoms with Gasteiger partial charge in [0.15, 0.2) is 0 Å². The molecule has 0 saturated heterocycles. The largest absolute Gasteiger partial charge is 0.481 e. The second kappa shape index (κ2) is 9.71. The maximum absolute atomic E-state index is 12.2. The van der Waals surface area contributed by atoms with Gasteiger partial charge in [-0.05, 0) is 40.2 Å².